The van der Waals surface area contributed by atoms with Crippen LogP contribution in [0.5, 0.6) is 0 Å². The zero-order valence-electron chi connectivity index (χ0n) is 12.6. The Morgan fingerprint density at radius 3 is 2.76 bits per heavy atom. The lowest BCUT2D eigenvalue weighted by Crippen LogP contribution is -2.34. The summed E-state index contributed by atoms with van der Waals surface area (Å²) < 4.78 is 6.38. The first-order valence-corrected chi connectivity index (χ1v) is 8.35. The zero-order valence-corrected chi connectivity index (χ0v) is 13.5. The van der Waals surface area contributed by atoms with E-state index < -0.39 is 0 Å². The number of hydrogen-bond donors (Lipinski definition) is 0. The van der Waals surface area contributed by atoms with Crippen molar-refractivity contribution in [1.29, 1.82) is 0 Å². The van der Waals surface area contributed by atoms with Crippen molar-refractivity contribution in [2.45, 2.75) is 45.7 Å². The highest BCUT2D eigenvalue weighted by molar-refractivity contribution is 7.05. The lowest BCUT2D eigenvalue weighted by atomic mass is 9.97. The van der Waals surface area contributed by atoms with E-state index in [9.17, 15) is 0 Å². The topological polar surface area (TPSA) is 59.7 Å². The van der Waals surface area contributed by atoms with Crippen molar-refractivity contribution >= 4 is 11.5 Å². The molecule has 2 aromatic heterocycles. The molecule has 1 saturated heterocycles. The summed E-state index contributed by atoms with van der Waals surface area (Å²) in [6, 6.07) is 0. The molecule has 0 spiro atoms. The van der Waals surface area contributed by atoms with Gasteiger partial charge in [-0.15, -0.1) is 0 Å². The third-order valence-electron chi connectivity index (χ3n) is 3.98. The predicted molar refractivity (Wildman–Crippen MR) is 82.0 cm³/mol. The fraction of sp³-hybridized carbons (Fsp3) is 0.714. The van der Waals surface area contributed by atoms with Crippen molar-refractivity contribution in [3.63, 3.8) is 0 Å². The van der Waals surface area contributed by atoms with E-state index >= 15 is 0 Å². The van der Waals surface area contributed by atoms with Crippen LogP contribution in [0.3, 0.4) is 0 Å². The van der Waals surface area contributed by atoms with E-state index in [0.717, 1.165) is 37.0 Å². The van der Waals surface area contributed by atoms with Gasteiger partial charge < -0.3 is 0 Å². The second kappa shape index (κ2) is 6.62. The fourth-order valence-electron chi connectivity index (χ4n) is 2.68. The van der Waals surface area contributed by atoms with Gasteiger partial charge in [0.25, 0.3) is 0 Å². The molecule has 114 valence electrons. The molecule has 0 bridgehead atoms. The standard InChI is InChI=1S/C14H22N6S/c1-11(2)14-17-13(21-18-14)8-19-5-3-12(4-6-19)7-20-10-15-9-16-20/h9-12H,3-8H2,1-2H3. The first-order chi connectivity index (χ1) is 10.2. The van der Waals surface area contributed by atoms with E-state index in [1.165, 1.54) is 12.8 Å². The van der Waals surface area contributed by atoms with Crippen LogP contribution in [-0.2, 0) is 13.1 Å². The summed E-state index contributed by atoms with van der Waals surface area (Å²) in [4.78, 5) is 11.1. The van der Waals surface area contributed by atoms with Crippen LogP contribution in [0.2, 0.25) is 0 Å². The van der Waals surface area contributed by atoms with Crippen molar-refractivity contribution < 1.29 is 0 Å². The fourth-order valence-corrected chi connectivity index (χ4v) is 3.50. The van der Waals surface area contributed by atoms with E-state index in [4.69, 9.17) is 0 Å². The molecule has 0 aromatic carbocycles. The van der Waals surface area contributed by atoms with E-state index in [0.29, 0.717) is 11.8 Å². The van der Waals surface area contributed by atoms with E-state index in [1.54, 1.807) is 24.2 Å². The maximum Gasteiger partial charge on any atom is 0.145 e. The average Bonchev–Trinajstić information content (AvgIpc) is 3.12. The van der Waals surface area contributed by atoms with Crippen LogP contribution in [0.15, 0.2) is 12.7 Å². The lowest BCUT2D eigenvalue weighted by Gasteiger charge is -2.31. The summed E-state index contributed by atoms with van der Waals surface area (Å²) in [5, 5.41) is 5.34. The van der Waals surface area contributed by atoms with Crippen LogP contribution in [0.1, 0.15) is 43.4 Å². The second-order valence-electron chi connectivity index (χ2n) is 6.04. The van der Waals surface area contributed by atoms with Gasteiger partial charge in [-0.25, -0.2) is 9.97 Å². The Labute approximate surface area is 129 Å². The quantitative estimate of drug-likeness (QED) is 0.847. The van der Waals surface area contributed by atoms with Crippen LogP contribution in [0.4, 0.5) is 0 Å². The largest absolute Gasteiger partial charge is 0.297 e. The minimum Gasteiger partial charge on any atom is -0.297 e. The van der Waals surface area contributed by atoms with Gasteiger partial charge in [-0.2, -0.15) is 9.47 Å². The average molecular weight is 306 g/mol. The number of aromatic nitrogens is 5. The van der Waals surface area contributed by atoms with Crippen LogP contribution >= 0.6 is 11.5 Å². The molecular formula is C14H22N6S. The predicted octanol–water partition coefficient (Wildman–Crippen LogP) is 2.17. The normalized spacial score (nSPS) is 17.7. The summed E-state index contributed by atoms with van der Waals surface area (Å²) in [5.74, 6) is 2.11. The highest BCUT2D eigenvalue weighted by Crippen LogP contribution is 2.21. The smallest absolute Gasteiger partial charge is 0.145 e. The summed E-state index contributed by atoms with van der Waals surface area (Å²) in [7, 11) is 0. The van der Waals surface area contributed by atoms with E-state index in [-0.39, 0.29) is 0 Å². The third kappa shape index (κ3) is 3.85. The molecule has 3 heterocycles. The van der Waals surface area contributed by atoms with E-state index in [1.807, 2.05) is 4.68 Å². The Morgan fingerprint density at radius 2 is 2.14 bits per heavy atom. The van der Waals surface area contributed by atoms with Crippen LogP contribution < -0.4 is 0 Å². The molecule has 1 aliphatic rings. The summed E-state index contributed by atoms with van der Waals surface area (Å²) in [6.07, 6.45) is 5.85. The van der Waals surface area contributed by atoms with Crippen molar-refractivity contribution in [2.75, 3.05) is 13.1 Å². The highest BCUT2D eigenvalue weighted by Gasteiger charge is 2.21. The first-order valence-electron chi connectivity index (χ1n) is 7.58. The number of likely N-dealkylation sites (tertiary alicyclic amines) is 1. The molecule has 0 unspecified atom stereocenters. The molecule has 6 nitrogen and oxygen atoms in total. The minimum absolute atomic E-state index is 0.420. The molecular weight excluding hydrogens is 284 g/mol. The maximum absolute atomic E-state index is 4.63. The molecule has 21 heavy (non-hydrogen) atoms. The van der Waals surface area contributed by atoms with Gasteiger partial charge in [0.15, 0.2) is 0 Å². The second-order valence-corrected chi connectivity index (χ2v) is 6.87. The summed E-state index contributed by atoms with van der Waals surface area (Å²) in [6.45, 7) is 8.49. The van der Waals surface area contributed by atoms with Crippen LogP contribution in [-0.4, -0.2) is 42.1 Å². The maximum atomic E-state index is 4.63. The van der Waals surface area contributed by atoms with Gasteiger partial charge in [-0.05, 0) is 43.4 Å². The molecule has 1 fully saturated rings. The summed E-state index contributed by atoms with van der Waals surface area (Å²) in [5.41, 5.74) is 0. The Hall–Kier alpha value is -1.34. The Balaban J connectivity index is 1.47. The first kappa shape index (κ1) is 14.6. The number of piperidine rings is 1. The molecule has 0 radical (unpaired) electrons. The molecule has 1 aliphatic heterocycles. The van der Waals surface area contributed by atoms with Gasteiger partial charge in [0.05, 0.1) is 6.54 Å². The SMILES string of the molecule is CC(C)c1nsc(CN2CCC(Cn3cncn3)CC2)n1. The number of rotatable bonds is 5. The number of hydrogen-bond acceptors (Lipinski definition) is 6. The molecule has 7 heteroatoms. The van der Waals surface area contributed by atoms with Crippen LogP contribution in [0.25, 0.3) is 0 Å². The van der Waals surface area contributed by atoms with Crippen molar-refractivity contribution in [3.8, 4) is 0 Å². The molecule has 2 aromatic rings. The van der Waals surface area contributed by atoms with Gasteiger partial charge in [0, 0.05) is 12.5 Å². The Morgan fingerprint density at radius 1 is 1.33 bits per heavy atom. The number of nitrogens with zero attached hydrogens (tertiary/aromatic N) is 6. The third-order valence-corrected chi connectivity index (χ3v) is 4.69. The minimum atomic E-state index is 0.420. The van der Waals surface area contributed by atoms with Gasteiger partial charge in [0.1, 0.15) is 23.5 Å². The molecule has 0 atom stereocenters. The Kier molecular flexibility index (Phi) is 4.60. The molecule has 0 aliphatic carbocycles. The van der Waals surface area contributed by atoms with Gasteiger partial charge in [-0.3, -0.25) is 9.58 Å². The van der Waals surface area contributed by atoms with Crippen LogP contribution in [0, 0.1) is 5.92 Å². The van der Waals surface area contributed by atoms with E-state index in [2.05, 4.69) is 38.2 Å². The van der Waals surface area contributed by atoms with Crippen molar-refractivity contribution in [1.82, 2.24) is 29.0 Å². The highest BCUT2D eigenvalue weighted by atomic mass is 32.1. The lowest BCUT2D eigenvalue weighted by molar-refractivity contribution is 0.164. The summed E-state index contributed by atoms with van der Waals surface area (Å²) >= 11 is 1.55. The van der Waals surface area contributed by atoms with Gasteiger partial charge in [0.2, 0.25) is 0 Å². The zero-order chi connectivity index (χ0) is 14.7. The molecule has 0 amide bonds. The molecule has 3 rings (SSSR count). The molecule has 0 saturated carbocycles. The van der Waals surface area contributed by atoms with Gasteiger partial charge in [-0.1, -0.05) is 13.8 Å². The van der Waals surface area contributed by atoms with Crippen molar-refractivity contribution in [2.24, 2.45) is 5.92 Å². The Bertz CT molecular complexity index is 542. The van der Waals surface area contributed by atoms with Gasteiger partial charge >= 0.3 is 0 Å². The molecule has 0 N–H and O–H groups in total. The van der Waals surface area contributed by atoms with Crippen molar-refractivity contribution in [3.05, 3.63) is 23.5 Å². The monoisotopic (exact) mass is 306 g/mol.